The first-order valence-electron chi connectivity index (χ1n) is 6.75. The summed E-state index contributed by atoms with van der Waals surface area (Å²) >= 11 is 6.07. The Morgan fingerprint density at radius 1 is 1.45 bits per heavy atom. The Kier molecular flexibility index (Phi) is 5.07. The van der Waals surface area contributed by atoms with E-state index in [-0.39, 0.29) is 5.92 Å². The first kappa shape index (κ1) is 15.8. The van der Waals surface area contributed by atoms with Crippen molar-refractivity contribution < 1.29 is 13.5 Å². The standard InChI is InChI=1S/C14H20ClNO3S/c1-20(18,19)16-8-4-5-11(10-16)9-14(17)12-6-2-3-7-13(12)15/h2-3,6-7,11,14,17H,4-5,8-10H2,1H3. The van der Waals surface area contributed by atoms with Crippen molar-refractivity contribution in [3.63, 3.8) is 0 Å². The second-order valence-corrected chi connectivity index (χ2v) is 7.79. The summed E-state index contributed by atoms with van der Waals surface area (Å²) in [6, 6.07) is 7.23. The number of piperidine rings is 1. The summed E-state index contributed by atoms with van der Waals surface area (Å²) in [6.45, 7) is 1.07. The van der Waals surface area contributed by atoms with Gasteiger partial charge in [0.05, 0.1) is 12.4 Å². The van der Waals surface area contributed by atoms with E-state index in [4.69, 9.17) is 11.6 Å². The van der Waals surface area contributed by atoms with Crippen molar-refractivity contribution in [2.24, 2.45) is 5.92 Å². The number of aliphatic hydroxyl groups excluding tert-OH is 1. The normalized spacial score (nSPS) is 22.6. The van der Waals surface area contributed by atoms with E-state index in [1.165, 1.54) is 10.6 Å². The number of sulfonamides is 1. The number of halogens is 1. The van der Waals surface area contributed by atoms with Gasteiger partial charge in [-0.15, -0.1) is 0 Å². The molecule has 112 valence electrons. The molecule has 0 radical (unpaired) electrons. The van der Waals surface area contributed by atoms with Crippen LogP contribution in [-0.2, 0) is 10.0 Å². The van der Waals surface area contributed by atoms with Gasteiger partial charge in [-0.2, -0.15) is 0 Å². The molecule has 4 nitrogen and oxygen atoms in total. The summed E-state index contributed by atoms with van der Waals surface area (Å²) in [7, 11) is -3.14. The molecule has 0 aromatic heterocycles. The monoisotopic (exact) mass is 317 g/mol. The minimum Gasteiger partial charge on any atom is -0.388 e. The molecular formula is C14H20ClNO3S. The van der Waals surface area contributed by atoms with Crippen LogP contribution < -0.4 is 0 Å². The smallest absolute Gasteiger partial charge is 0.211 e. The van der Waals surface area contributed by atoms with Crippen molar-refractivity contribution in [1.82, 2.24) is 4.31 Å². The number of benzene rings is 1. The number of aliphatic hydroxyl groups is 1. The first-order valence-corrected chi connectivity index (χ1v) is 8.98. The highest BCUT2D eigenvalue weighted by Gasteiger charge is 2.27. The lowest BCUT2D eigenvalue weighted by atomic mass is 9.91. The predicted molar refractivity (Wildman–Crippen MR) is 80.2 cm³/mol. The Morgan fingerprint density at radius 2 is 2.15 bits per heavy atom. The fourth-order valence-electron chi connectivity index (χ4n) is 2.71. The second-order valence-electron chi connectivity index (χ2n) is 5.40. The number of nitrogens with zero attached hydrogens (tertiary/aromatic N) is 1. The molecule has 0 amide bonds. The highest BCUT2D eigenvalue weighted by molar-refractivity contribution is 7.88. The second kappa shape index (κ2) is 6.43. The largest absolute Gasteiger partial charge is 0.388 e. The highest BCUT2D eigenvalue weighted by atomic mass is 35.5. The van der Waals surface area contributed by atoms with Crippen LogP contribution in [0.5, 0.6) is 0 Å². The van der Waals surface area contributed by atoms with Crippen molar-refractivity contribution in [3.8, 4) is 0 Å². The van der Waals surface area contributed by atoms with Gasteiger partial charge in [0.25, 0.3) is 0 Å². The molecule has 1 fully saturated rings. The molecule has 1 aliphatic rings. The third kappa shape index (κ3) is 3.95. The average molecular weight is 318 g/mol. The molecule has 2 unspecified atom stereocenters. The van der Waals surface area contributed by atoms with Gasteiger partial charge >= 0.3 is 0 Å². The van der Waals surface area contributed by atoms with Crippen LogP contribution in [0, 0.1) is 5.92 Å². The van der Waals surface area contributed by atoms with Gasteiger partial charge in [0.15, 0.2) is 0 Å². The Labute approximate surface area is 125 Å². The maximum absolute atomic E-state index is 11.6. The SMILES string of the molecule is CS(=O)(=O)N1CCCC(CC(O)c2ccccc2Cl)C1. The van der Waals surface area contributed by atoms with Crippen LogP contribution in [0.25, 0.3) is 0 Å². The van der Waals surface area contributed by atoms with Crippen molar-refractivity contribution in [2.75, 3.05) is 19.3 Å². The third-order valence-electron chi connectivity index (χ3n) is 3.77. The molecular weight excluding hydrogens is 298 g/mol. The fourth-order valence-corrected chi connectivity index (χ4v) is 3.91. The quantitative estimate of drug-likeness (QED) is 0.928. The van der Waals surface area contributed by atoms with Crippen molar-refractivity contribution in [2.45, 2.75) is 25.4 Å². The summed E-state index contributed by atoms with van der Waals surface area (Å²) in [6.07, 6.45) is 2.91. The van der Waals surface area contributed by atoms with Gasteiger partial charge in [-0.3, -0.25) is 0 Å². The lowest BCUT2D eigenvalue weighted by Crippen LogP contribution is -2.39. The van der Waals surface area contributed by atoms with Crippen LogP contribution in [-0.4, -0.2) is 37.2 Å². The number of hydrogen-bond acceptors (Lipinski definition) is 3. The molecule has 2 atom stereocenters. The first-order chi connectivity index (χ1) is 9.38. The molecule has 1 aromatic carbocycles. The van der Waals surface area contributed by atoms with Crippen LogP contribution in [0.2, 0.25) is 5.02 Å². The van der Waals surface area contributed by atoms with E-state index >= 15 is 0 Å². The maximum atomic E-state index is 11.6. The minimum atomic E-state index is -3.14. The molecule has 0 aliphatic carbocycles. The zero-order valence-corrected chi connectivity index (χ0v) is 13.1. The molecule has 1 saturated heterocycles. The number of rotatable bonds is 4. The van der Waals surface area contributed by atoms with Crippen LogP contribution in [0.4, 0.5) is 0 Å². The maximum Gasteiger partial charge on any atom is 0.211 e. The van der Waals surface area contributed by atoms with Gasteiger partial charge in [0.1, 0.15) is 0 Å². The number of hydrogen-bond donors (Lipinski definition) is 1. The van der Waals surface area contributed by atoms with Crippen LogP contribution in [0.15, 0.2) is 24.3 Å². The van der Waals surface area contributed by atoms with Gasteiger partial charge in [-0.05, 0) is 36.8 Å². The van der Waals surface area contributed by atoms with Gasteiger partial charge < -0.3 is 5.11 Å². The minimum absolute atomic E-state index is 0.171. The van der Waals surface area contributed by atoms with E-state index < -0.39 is 16.1 Å². The lowest BCUT2D eigenvalue weighted by molar-refractivity contribution is 0.123. The Balaban J connectivity index is 2.01. The van der Waals surface area contributed by atoms with Crippen molar-refractivity contribution in [1.29, 1.82) is 0 Å². The van der Waals surface area contributed by atoms with Crippen LogP contribution >= 0.6 is 11.6 Å². The molecule has 1 N–H and O–H groups in total. The van der Waals surface area contributed by atoms with Crippen LogP contribution in [0.1, 0.15) is 30.9 Å². The summed E-state index contributed by atoms with van der Waals surface area (Å²) in [4.78, 5) is 0. The summed E-state index contributed by atoms with van der Waals surface area (Å²) in [5.74, 6) is 0.171. The molecule has 2 rings (SSSR count). The molecule has 0 spiro atoms. The van der Waals surface area contributed by atoms with E-state index in [1.807, 2.05) is 18.2 Å². The molecule has 0 saturated carbocycles. The van der Waals surface area contributed by atoms with Gasteiger partial charge in [0.2, 0.25) is 10.0 Å². The van der Waals surface area contributed by atoms with E-state index in [0.29, 0.717) is 30.1 Å². The van der Waals surface area contributed by atoms with Crippen molar-refractivity contribution >= 4 is 21.6 Å². The highest BCUT2D eigenvalue weighted by Crippen LogP contribution is 2.31. The third-order valence-corrected chi connectivity index (χ3v) is 5.39. The molecule has 1 aliphatic heterocycles. The van der Waals surface area contributed by atoms with Crippen LogP contribution in [0.3, 0.4) is 0 Å². The fraction of sp³-hybridized carbons (Fsp3) is 0.571. The summed E-state index contributed by atoms with van der Waals surface area (Å²) < 4.78 is 24.7. The van der Waals surface area contributed by atoms with Crippen molar-refractivity contribution in [3.05, 3.63) is 34.9 Å². The molecule has 1 heterocycles. The topological polar surface area (TPSA) is 57.6 Å². The molecule has 1 aromatic rings. The summed E-state index contributed by atoms with van der Waals surface area (Å²) in [5, 5.41) is 10.8. The molecule has 6 heteroatoms. The van der Waals surface area contributed by atoms with E-state index in [0.717, 1.165) is 12.8 Å². The Hall–Kier alpha value is -0.620. The predicted octanol–water partition coefficient (Wildman–Crippen LogP) is 2.44. The van der Waals surface area contributed by atoms with E-state index in [9.17, 15) is 13.5 Å². The zero-order chi connectivity index (χ0) is 14.8. The Bertz CT molecular complexity index is 561. The molecule has 0 bridgehead atoms. The molecule has 20 heavy (non-hydrogen) atoms. The Morgan fingerprint density at radius 3 is 2.80 bits per heavy atom. The van der Waals surface area contributed by atoms with Gasteiger partial charge in [-0.1, -0.05) is 29.8 Å². The van der Waals surface area contributed by atoms with Gasteiger partial charge in [-0.25, -0.2) is 12.7 Å². The average Bonchev–Trinajstić information content (AvgIpc) is 2.38. The summed E-state index contributed by atoms with van der Waals surface area (Å²) in [5.41, 5.74) is 0.714. The van der Waals surface area contributed by atoms with E-state index in [1.54, 1.807) is 6.07 Å². The zero-order valence-electron chi connectivity index (χ0n) is 11.5. The lowest BCUT2D eigenvalue weighted by Gasteiger charge is -2.32. The van der Waals surface area contributed by atoms with Gasteiger partial charge in [0, 0.05) is 18.1 Å². The van der Waals surface area contributed by atoms with E-state index in [2.05, 4.69) is 0 Å².